The number of ether oxygens (including phenoxy) is 1. The van der Waals surface area contributed by atoms with Gasteiger partial charge in [0.05, 0.1) is 6.42 Å². The van der Waals surface area contributed by atoms with Gasteiger partial charge in [-0.25, -0.2) is 0 Å². The number of nitrogens with zero attached hydrogens (tertiary/aromatic N) is 1. The quantitative estimate of drug-likeness (QED) is 0.359. The van der Waals surface area contributed by atoms with Gasteiger partial charge in [0, 0.05) is 52.3 Å². The van der Waals surface area contributed by atoms with E-state index < -0.39 is 11.9 Å². The van der Waals surface area contributed by atoms with Crippen LogP contribution in [0.4, 0.5) is 0 Å². The molecule has 0 unspecified atom stereocenters. The van der Waals surface area contributed by atoms with Gasteiger partial charge in [-0.3, -0.25) is 14.4 Å². The molecule has 2 aliphatic carbocycles. The van der Waals surface area contributed by atoms with Crippen molar-refractivity contribution in [3.8, 4) is 5.75 Å². The molecule has 0 atom stereocenters. The number of rotatable bonds is 7. The number of carboxylic acid groups (broad SMARTS) is 1. The molecule has 5 rings (SSSR count). The molecule has 0 spiro atoms. The van der Waals surface area contributed by atoms with Gasteiger partial charge in [0.25, 0.3) is 0 Å². The van der Waals surface area contributed by atoms with Crippen molar-refractivity contribution in [3.63, 3.8) is 0 Å². The first kappa shape index (κ1) is 28.3. The van der Waals surface area contributed by atoms with Crippen LogP contribution in [0.3, 0.4) is 0 Å². The van der Waals surface area contributed by atoms with Gasteiger partial charge >= 0.3 is 5.97 Å². The summed E-state index contributed by atoms with van der Waals surface area (Å²) in [5.74, 6) is -0.569. The first-order valence-corrected chi connectivity index (χ1v) is 14.6. The van der Waals surface area contributed by atoms with E-state index in [0.717, 1.165) is 27.0 Å². The molecule has 6 nitrogen and oxygen atoms in total. The molecule has 1 N–H and O–H groups in total. The predicted molar refractivity (Wildman–Crippen MR) is 157 cm³/mol. The first-order chi connectivity index (χ1) is 18.8. The Balaban J connectivity index is 1.56. The number of aliphatic carboxylic acids is 1. The minimum atomic E-state index is -0.895. The topological polar surface area (TPSA) is 83.9 Å². The molecule has 3 aliphatic rings. The van der Waals surface area contributed by atoms with E-state index in [1.54, 1.807) is 0 Å². The Morgan fingerprint density at radius 3 is 1.90 bits per heavy atom. The number of carboxylic acids is 1. The van der Waals surface area contributed by atoms with Crippen molar-refractivity contribution in [1.29, 1.82) is 0 Å². The second-order valence-corrected chi connectivity index (χ2v) is 13.7. The van der Waals surface area contributed by atoms with E-state index in [1.165, 1.54) is 0 Å². The fraction of sp³-hybridized carbons (Fsp3) is 0.424. The summed E-state index contributed by atoms with van der Waals surface area (Å²) in [5, 5.41) is 9.52. The number of allylic oxidation sites excluding steroid dienone is 4. The second kappa shape index (κ2) is 10.7. The number of hydrogen-bond donors (Lipinski definition) is 1. The van der Waals surface area contributed by atoms with Crippen molar-refractivity contribution in [1.82, 2.24) is 4.90 Å². The fourth-order valence-electron chi connectivity index (χ4n) is 6.36. The highest BCUT2D eigenvalue weighted by Gasteiger charge is 2.48. The SMILES string of the molecule is CC1(C)CC(=O)C2=C(C1)N(CCC(=O)O)C1=C(C(=O)CC(C)(C)C1)C2c1ccc(OCc2ccc(Br)cc2)cc1. The van der Waals surface area contributed by atoms with Crippen molar-refractivity contribution in [2.45, 2.75) is 72.3 Å². The van der Waals surface area contributed by atoms with Crippen molar-refractivity contribution in [2.75, 3.05) is 6.54 Å². The third kappa shape index (κ3) is 5.80. The molecule has 1 heterocycles. The summed E-state index contributed by atoms with van der Waals surface area (Å²) in [6, 6.07) is 15.7. The van der Waals surface area contributed by atoms with Crippen LogP contribution in [-0.4, -0.2) is 34.1 Å². The van der Waals surface area contributed by atoms with Crippen LogP contribution in [0, 0.1) is 10.8 Å². The van der Waals surface area contributed by atoms with Crippen molar-refractivity contribution >= 4 is 33.5 Å². The third-order valence-electron chi connectivity index (χ3n) is 8.10. The Hall–Kier alpha value is -3.19. The predicted octanol–water partition coefficient (Wildman–Crippen LogP) is 7.19. The summed E-state index contributed by atoms with van der Waals surface area (Å²) in [5.41, 5.74) is 4.50. The Morgan fingerprint density at radius 2 is 1.40 bits per heavy atom. The highest BCUT2D eigenvalue weighted by Crippen LogP contribution is 2.54. The molecule has 0 radical (unpaired) electrons. The fourth-order valence-corrected chi connectivity index (χ4v) is 6.63. The third-order valence-corrected chi connectivity index (χ3v) is 8.63. The van der Waals surface area contributed by atoms with Gasteiger partial charge in [-0.2, -0.15) is 0 Å². The average Bonchev–Trinajstić information content (AvgIpc) is 2.85. The van der Waals surface area contributed by atoms with Gasteiger partial charge in [-0.15, -0.1) is 0 Å². The molecular weight excluding hydrogens is 570 g/mol. The van der Waals surface area contributed by atoms with Crippen molar-refractivity contribution in [3.05, 3.63) is 86.7 Å². The Kier molecular flexibility index (Phi) is 7.55. The lowest BCUT2D eigenvalue weighted by molar-refractivity contribution is -0.137. The van der Waals surface area contributed by atoms with Crippen LogP contribution >= 0.6 is 15.9 Å². The van der Waals surface area contributed by atoms with Gasteiger partial charge in [-0.1, -0.05) is 67.9 Å². The number of ketones is 2. The normalized spacial score (nSPS) is 20.4. The molecule has 210 valence electrons. The monoisotopic (exact) mass is 605 g/mol. The standard InChI is InChI=1S/C33H36BrNO5/c1-32(2)15-24-30(26(36)17-32)29(21-7-11-23(12-8-21)40-19-20-5-9-22(34)10-6-20)31-25(35(24)14-13-28(38)39)16-33(3,4)18-27(31)37/h5-12,29H,13-19H2,1-4H3,(H,38,39). The van der Waals surface area contributed by atoms with Crippen molar-refractivity contribution < 1.29 is 24.2 Å². The molecular formula is C33H36BrNO5. The molecule has 1 aliphatic heterocycles. The van der Waals surface area contributed by atoms with Crippen LogP contribution in [0.2, 0.25) is 0 Å². The summed E-state index contributed by atoms with van der Waals surface area (Å²) < 4.78 is 7.03. The summed E-state index contributed by atoms with van der Waals surface area (Å²) >= 11 is 3.45. The van der Waals surface area contributed by atoms with Crippen LogP contribution in [0.25, 0.3) is 0 Å². The molecule has 40 heavy (non-hydrogen) atoms. The van der Waals surface area contributed by atoms with E-state index in [-0.39, 0.29) is 35.4 Å². The van der Waals surface area contributed by atoms with Crippen LogP contribution < -0.4 is 4.74 Å². The lowest BCUT2D eigenvalue weighted by atomic mass is 9.63. The zero-order valence-electron chi connectivity index (χ0n) is 23.6. The number of benzene rings is 2. The molecule has 0 fully saturated rings. The zero-order valence-corrected chi connectivity index (χ0v) is 25.1. The van der Waals surface area contributed by atoms with E-state index in [1.807, 2.05) is 53.4 Å². The second-order valence-electron chi connectivity index (χ2n) is 12.8. The maximum atomic E-state index is 13.8. The maximum Gasteiger partial charge on any atom is 0.305 e. The number of carbonyl (C=O) groups is 3. The van der Waals surface area contributed by atoms with Gasteiger partial charge in [0.1, 0.15) is 12.4 Å². The van der Waals surface area contributed by atoms with Gasteiger partial charge in [0.2, 0.25) is 0 Å². The van der Waals surface area contributed by atoms with E-state index in [9.17, 15) is 19.5 Å². The summed E-state index contributed by atoms with van der Waals surface area (Å²) in [6.45, 7) is 9.00. The van der Waals surface area contributed by atoms with E-state index in [0.29, 0.717) is 49.2 Å². The van der Waals surface area contributed by atoms with Crippen LogP contribution in [0.1, 0.15) is 76.8 Å². The lowest BCUT2D eigenvalue weighted by Crippen LogP contribution is -2.45. The zero-order chi connectivity index (χ0) is 28.8. The Morgan fingerprint density at radius 1 is 0.875 bits per heavy atom. The van der Waals surface area contributed by atoms with Crippen LogP contribution in [0.15, 0.2) is 75.5 Å². The molecule has 0 aromatic heterocycles. The maximum absolute atomic E-state index is 13.8. The Bertz CT molecular complexity index is 1360. The highest BCUT2D eigenvalue weighted by atomic mass is 79.9. The van der Waals surface area contributed by atoms with E-state index in [2.05, 4.69) is 43.6 Å². The smallest absolute Gasteiger partial charge is 0.305 e. The van der Waals surface area contributed by atoms with Crippen molar-refractivity contribution in [2.24, 2.45) is 10.8 Å². The number of carbonyl (C=O) groups excluding carboxylic acids is 2. The molecule has 0 bridgehead atoms. The van der Waals surface area contributed by atoms with Crippen LogP contribution in [-0.2, 0) is 21.0 Å². The van der Waals surface area contributed by atoms with Crippen LogP contribution in [0.5, 0.6) is 5.75 Å². The first-order valence-electron chi connectivity index (χ1n) is 13.8. The summed E-state index contributed by atoms with van der Waals surface area (Å²) in [4.78, 5) is 41.2. The Labute approximate surface area is 244 Å². The number of hydrogen-bond acceptors (Lipinski definition) is 5. The lowest BCUT2D eigenvalue weighted by Gasteiger charge is -2.49. The summed E-state index contributed by atoms with van der Waals surface area (Å²) in [7, 11) is 0. The largest absolute Gasteiger partial charge is 0.489 e. The average molecular weight is 607 g/mol. The van der Waals surface area contributed by atoms with E-state index in [4.69, 9.17) is 4.74 Å². The van der Waals surface area contributed by atoms with Gasteiger partial charge in [-0.05, 0) is 59.1 Å². The minimum Gasteiger partial charge on any atom is -0.489 e. The highest BCUT2D eigenvalue weighted by molar-refractivity contribution is 9.10. The summed E-state index contributed by atoms with van der Waals surface area (Å²) in [6.07, 6.45) is 2.04. The van der Waals surface area contributed by atoms with E-state index >= 15 is 0 Å². The van der Waals surface area contributed by atoms with Gasteiger partial charge < -0.3 is 14.7 Å². The van der Waals surface area contributed by atoms with Gasteiger partial charge in [0.15, 0.2) is 11.6 Å². The minimum absolute atomic E-state index is 0.0383. The molecule has 0 saturated carbocycles. The molecule has 2 aromatic carbocycles. The number of halogens is 1. The molecule has 0 amide bonds. The molecule has 0 saturated heterocycles. The molecule has 2 aromatic rings. The molecule has 7 heteroatoms. The number of Topliss-reactive ketones (excluding diaryl/α,β-unsaturated/α-hetero) is 2.